The predicted molar refractivity (Wildman–Crippen MR) is 86.7 cm³/mol. The summed E-state index contributed by atoms with van der Waals surface area (Å²) in [5, 5.41) is 0. The molecule has 1 aromatic rings. The maximum Gasteiger partial charge on any atom is 0.340 e. The Balaban J connectivity index is 2.08. The molecule has 0 radical (unpaired) electrons. The number of anilines is 2. The molecular formula is C17H26N2O2. The number of nitrogens with two attached hydrogens (primary N) is 1. The van der Waals surface area contributed by atoms with E-state index in [1.54, 1.807) is 13.0 Å². The highest BCUT2D eigenvalue weighted by Gasteiger charge is 2.17. The molecule has 2 N–H and O–H groups in total. The molecule has 4 heteroatoms. The number of nitrogens with zero attached hydrogens (tertiary/aromatic N) is 1. The zero-order valence-corrected chi connectivity index (χ0v) is 13.1. The number of carbonyl (C=O) groups is 1. The first-order valence-corrected chi connectivity index (χ1v) is 7.89. The van der Waals surface area contributed by atoms with Crippen LogP contribution in [-0.4, -0.2) is 26.2 Å². The molecule has 4 nitrogen and oxygen atoms in total. The van der Waals surface area contributed by atoms with E-state index in [4.69, 9.17) is 10.5 Å². The van der Waals surface area contributed by atoms with Gasteiger partial charge in [0, 0.05) is 25.0 Å². The normalized spacial score (nSPS) is 15.7. The largest absolute Gasteiger partial charge is 0.462 e. The van der Waals surface area contributed by atoms with E-state index in [0.29, 0.717) is 17.9 Å². The highest BCUT2D eigenvalue weighted by Crippen LogP contribution is 2.27. The van der Waals surface area contributed by atoms with Crippen LogP contribution in [0.5, 0.6) is 0 Å². The van der Waals surface area contributed by atoms with Gasteiger partial charge in [-0.05, 0) is 43.9 Å². The van der Waals surface area contributed by atoms with E-state index in [9.17, 15) is 4.79 Å². The van der Waals surface area contributed by atoms with Crippen LogP contribution in [0.4, 0.5) is 11.4 Å². The van der Waals surface area contributed by atoms with Crippen molar-refractivity contribution in [2.75, 3.05) is 30.8 Å². The third-order valence-electron chi connectivity index (χ3n) is 4.23. The van der Waals surface area contributed by atoms with Crippen molar-refractivity contribution in [1.29, 1.82) is 0 Å². The summed E-state index contributed by atoms with van der Waals surface area (Å²) in [7, 11) is 2.08. The predicted octanol–water partition coefficient (Wildman–Crippen LogP) is 3.46. The quantitative estimate of drug-likeness (QED) is 0.666. The topological polar surface area (TPSA) is 55.6 Å². The van der Waals surface area contributed by atoms with E-state index < -0.39 is 0 Å². The van der Waals surface area contributed by atoms with Gasteiger partial charge in [-0.2, -0.15) is 0 Å². The monoisotopic (exact) mass is 290 g/mol. The minimum Gasteiger partial charge on any atom is -0.462 e. The smallest absolute Gasteiger partial charge is 0.340 e. The maximum absolute atomic E-state index is 11.9. The summed E-state index contributed by atoms with van der Waals surface area (Å²) in [6.07, 6.45) is 6.67. The van der Waals surface area contributed by atoms with Crippen LogP contribution >= 0.6 is 0 Å². The molecule has 0 aliphatic heterocycles. The third kappa shape index (κ3) is 4.13. The lowest BCUT2D eigenvalue weighted by Gasteiger charge is -2.28. The second-order valence-corrected chi connectivity index (χ2v) is 5.88. The molecule has 21 heavy (non-hydrogen) atoms. The van der Waals surface area contributed by atoms with E-state index >= 15 is 0 Å². The molecule has 0 saturated heterocycles. The number of esters is 1. The van der Waals surface area contributed by atoms with Gasteiger partial charge in [-0.3, -0.25) is 0 Å². The lowest BCUT2D eigenvalue weighted by molar-refractivity contribution is 0.0527. The van der Waals surface area contributed by atoms with Crippen molar-refractivity contribution in [1.82, 2.24) is 0 Å². The van der Waals surface area contributed by atoms with Gasteiger partial charge in [0.15, 0.2) is 0 Å². The average Bonchev–Trinajstić information content (AvgIpc) is 2.48. The molecule has 0 heterocycles. The molecule has 1 aliphatic rings. The fourth-order valence-corrected chi connectivity index (χ4v) is 3.03. The van der Waals surface area contributed by atoms with Crippen LogP contribution in [0.3, 0.4) is 0 Å². The Kier molecular flexibility index (Phi) is 5.48. The zero-order valence-electron chi connectivity index (χ0n) is 13.1. The van der Waals surface area contributed by atoms with E-state index in [-0.39, 0.29) is 5.97 Å². The SMILES string of the molecule is CCOC(=O)c1cc(N(C)CC2CCCCC2)ccc1N. The van der Waals surface area contributed by atoms with Gasteiger partial charge in [-0.15, -0.1) is 0 Å². The molecule has 0 spiro atoms. The zero-order chi connectivity index (χ0) is 15.2. The molecule has 1 aliphatic carbocycles. The Morgan fingerprint density at radius 1 is 1.33 bits per heavy atom. The third-order valence-corrected chi connectivity index (χ3v) is 4.23. The van der Waals surface area contributed by atoms with Crippen molar-refractivity contribution in [2.24, 2.45) is 5.92 Å². The van der Waals surface area contributed by atoms with E-state index in [2.05, 4.69) is 11.9 Å². The average molecular weight is 290 g/mol. The van der Waals surface area contributed by atoms with Crippen molar-refractivity contribution >= 4 is 17.3 Å². The molecule has 1 aromatic carbocycles. The van der Waals surface area contributed by atoms with Gasteiger partial charge in [-0.25, -0.2) is 4.79 Å². The lowest BCUT2D eigenvalue weighted by Crippen LogP contribution is -2.27. The fourth-order valence-electron chi connectivity index (χ4n) is 3.03. The minimum absolute atomic E-state index is 0.345. The second kappa shape index (κ2) is 7.34. The van der Waals surface area contributed by atoms with Crippen molar-refractivity contribution in [3.63, 3.8) is 0 Å². The number of ether oxygens (including phenoxy) is 1. The first kappa shape index (κ1) is 15.7. The number of nitrogen functional groups attached to an aromatic ring is 1. The number of hydrogen-bond donors (Lipinski definition) is 1. The van der Waals surface area contributed by atoms with E-state index in [1.165, 1.54) is 32.1 Å². The van der Waals surface area contributed by atoms with Gasteiger partial charge in [0.25, 0.3) is 0 Å². The van der Waals surface area contributed by atoms with Crippen LogP contribution in [-0.2, 0) is 4.74 Å². The second-order valence-electron chi connectivity index (χ2n) is 5.88. The van der Waals surface area contributed by atoms with Gasteiger partial charge in [0.1, 0.15) is 0 Å². The molecule has 0 unspecified atom stereocenters. The summed E-state index contributed by atoms with van der Waals surface area (Å²) in [5.74, 6) is 0.412. The van der Waals surface area contributed by atoms with Crippen molar-refractivity contribution in [2.45, 2.75) is 39.0 Å². The summed E-state index contributed by atoms with van der Waals surface area (Å²) in [6.45, 7) is 3.19. The van der Waals surface area contributed by atoms with Crippen molar-refractivity contribution in [3.8, 4) is 0 Å². The molecule has 0 atom stereocenters. The number of hydrogen-bond acceptors (Lipinski definition) is 4. The molecule has 0 bridgehead atoms. The van der Waals surface area contributed by atoms with E-state index in [1.807, 2.05) is 12.1 Å². The van der Waals surface area contributed by atoms with Crippen LogP contribution < -0.4 is 10.6 Å². The fraction of sp³-hybridized carbons (Fsp3) is 0.588. The Labute approximate surface area is 127 Å². The van der Waals surface area contributed by atoms with Crippen molar-refractivity contribution in [3.05, 3.63) is 23.8 Å². The first-order chi connectivity index (χ1) is 10.1. The van der Waals surface area contributed by atoms with Crippen LogP contribution in [0.2, 0.25) is 0 Å². The number of benzene rings is 1. The molecular weight excluding hydrogens is 264 g/mol. The lowest BCUT2D eigenvalue weighted by atomic mass is 9.89. The summed E-state index contributed by atoms with van der Waals surface area (Å²) in [4.78, 5) is 14.1. The van der Waals surface area contributed by atoms with Gasteiger partial charge in [0.2, 0.25) is 0 Å². The Hall–Kier alpha value is -1.71. The summed E-state index contributed by atoms with van der Waals surface area (Å²) in [5.41, 5.74) is 7.85. The molecule has 0 aromatic heterocycles. The molecule has 2 rings (SSSR count). The van der Waals surface area contributed by atoms with Crippen LogP contribution in [0.1, 0.15) is 49.4 Å². The van der Waals surface area contributed by atoms with Gasteiger partial charge < -0.3 is 15.4 Å². The molecule has 0 amide bonds. The Bertz CT molecular complexity index is 482. The number of carbonyl (C=O) groups excluding carboxylic acids is 1. The first-order valence-electron chi connectivity index (χ1n) is 7.89. The summed E-state index contributed by atoms with van der Waals surface area (Å²) < 4.78 is 5.06. The summed E-state index contributed by atoms with van der Waals surface area (Å²) in [6, 6.07) is 5.61. The standard InChI is InChI=1S/C17H26N2O2/c1-3-21-17(20)15-11-14(9-10-16(15)18)19(2)12-13-7-5-4-6-8-13/h9-11,13H,3-8,12,18H2,1-2H3. The highest BCUT2D eigenvalue weighted by molar-refractivity contribution is 5.96. The van der Waals surface area contributed by atoms with E-state index in [0.717, 1.165) is 18.2 Å². The molecule has 116 valence electrons. The van der Waals surface area contributed by atoms with Gasteiger partial charge in [0.05, 0.1) is 12.2 Å². The van der Waals surface area contributed by atoms with Crippen LogP contribution in [0.15, 0.2) is 18.2 Å². The summed E-state index contributed by atoms with van der Waals surface area (Å²) >= 11 is 0. The Morgan fingerprint density at radius 2 is 2.05 bits per heavy atom. The van der Waals surface area contributed by atoms with Crippen molar-refractivity contribution < 1.29 is 9.53 Å². The van der Waals surface area contributed by atoms with Crippen LogP contribution in [0.25, 0.3) is 0 Å². The highest BCUT2D eigenvalue weighted by atomic mass is 16.5. The molecule has 1 fully saturated rings. The maximum atomic E-state index is 11.9. The molecule has 1 saturated carbocycles. The minimum atomic E-state index is -0.345. The van der Waals surface area contributed by atoms with Gasteiger partial charge >= 0.3 is 5.97 Å². The van der Waals surface area contributed by atoms with Crippen LogP contribution in [0, 0.1) is 5.92 Å². The number of rotatable bonds is 5. The Morgan fingerprint density at radius 3 is 2.71 bits per heavy atom. The van der Waals surface area contributed by atoms with Gasteiger partial charge in [-0.1, -0.05) is 19.3 Å².